The number of rotatable bonds is 7. The lowest BCUT2D eigenvalue weighted by Crippen LogP contribution is -2.33. The molecule has 10 heteroatoms. The fourth-order valence-corrected chi connectivity index (χ4v) is 4.95. The maximum absolute atomic E-state index is 13.4. The number of benzene rings is 2. The summed E-state index contributed by atoms with van der Waals surface area (Å²) in [6, 6.07) is 10.4. The van der Waals surface area contributed by atoms with Gasteiger partial charge in [0.05, 0.1) is 10.5 Å². The maximum atomic E-state index is 13.4. The first-order valence-electron chi connectivity index (χ1n) is 9.48. The van der Waals surface area contributed by atoms with Crippen LogP contribution in [0.3, 0.4) is 0 Å². The Morgan fingerprint density at radius 1 is 1.10 bits per heavy atom. The number of nitrogens with zero attached hydrogens (tertiary/aromatic N) is 1. The lowest BCUT2D eigenvalue weighted by Gasteiger charge is -2.20. The molecule has 0 radical (unpaired) electrons. The van der Waals surface area contributed by atoms with Gasteiger partial charge in [0.1, 0.15) is 5.82 Å². The second kappa shape index (κ2) is 9.01. The number of hydrogen-bond donors (Lipinski definition) is 2. The van der Waals surface area contributed by atoms with Gasteiger partial charge in [-0.1, -0.05) is 24.3 Å². The third-order valence-electron chi connectivity index (χ3n) is 5.14. The SMILES string of the molecule is CN(CCCC1CC(c2cccc(F)c2)NN1)S(=O)(=O)c1ccccc1C(F)(F)F. The molecule has 2 N–H and O–H groups in total. The summed E-state index contributed by atoms with van der Waals surface area (Å²) in [5.41, 5.74) is 5.85. The highest BCUT2D eigenvalue weighted by atomic mass is 32.2. The van der Waals surface area contributed by atoms with Crippen LogP contribution in [0.25, 0.3) is 0 Å². The Bertz CT molecular complexity index is 982. The fraction of sp³-hybridized carbons (Fsp3) is 0.400. The van der Waals surface area contributed by atoms with Crippen molar-refractivity contribution < 1.29 is 26.0 Å². The van der Waals surface area contributed by atoms with Crippen molar-refractivity contribution in [2.45, 2.75) is 42.4 Å². The van der Waals surface area contributed by atoms with Gasteiger partial charge in [-0.15, -0.1) is 0 Å². The Morgan fingerprint density at radius 3 is 2.53 bits per heavy atom. The number of halogens is 4. The first-order chi connectivity index (χ1) is 14.1. The minimum Gasteiger partial charge on any atom is -0.254 e. The molecule has 1 aliphatic rings. The zero-order chi connectivity index (χ0) is 21.9. The van der Waals surface area contributed by atoms with Crippen LogP contribution in [0.15, 0.2) is 53.4 Å². The van der Waals surface area contributed by atoms with E-state index in [0.717, 1.165) is 28.1 Å². The van der Waals surface area contributed by atoms with Crippen LogP contribution in [-0.4, -0.2) is 32.4 Å². The average molecular weight is 445 g/mol. The lowest BCUT2D eigenvalue weighted by atomic mass is 10.00. The Labute approximate surface area is 173 Å². The predicted molar refractivity (Wildman–Crippen MR) is 104 cm³/mol. The molecular formula is C20H23F4N3O2S. The van der Waals surface area contributed by atoms with Crippen LogP contribution in [-0.2, 0) is 16.2 Å². The summed E-state index contributed by atoms with van der Waals surface area (Å²) < 4.78 is 79.2. The second-order valence-corrected chi connectivity index (χ2v) is 9.30. The summed E-state index contributed by atoms with van der Waals surface area (Å²) >= 11 is 0. The zero-order valence-corrected chi connectivity index (χ0v) is 17.1. The maximum Gasteiger partial charge on any atom is 0.417 e. The Kier molecular flexibility index (Phi) is 6.81. The van der Waals surface area contributed by atoms with Crippen molar-refractivity contribution in [1.29, 1.82) is 0 Å². The molecule has 3 rings (SSSR count). The summed E-state index contributed by atoms with van der Waals surface area (Å²) in [6.07, 6.45) is -2.99. The van der Waals surface area contributed by atoms with Crippen molar-refractivity contribution in [3.63, 3.8) is 0 Å². The largest absolute Gasteiger partial charge is 0.417 e. The van der Waals surface area contributed by atoms with E-state index >= 15 is 0 Å². The highest BCUT2D eigenvalue weighted by molar-refractivity contribution is 7.89. The van der Waals surface area contributed by atoms with Crippen LogP contribution in [0.5, 0.6) is 0 Å². The van der Waals surface area contributed by atoms with Gasteiger partial charge in [-0.05, 0) is 49.1 Å². The van der Waals surface area contributed by atoms with Crippen molar-refractivity contribution in [1.82, 2.24) is 15.2 Å². The van der Waals surface area contributed by atoms with Crippen LogP contribution in [0.2, 0.25) is 0 Å². The predicted octanol–water partition coefficient (Wildman–Crippen LogP) is 3.85. The van der Waals surface area contributed by atoms with E-state index in [1.165, 1.54) is 25.2 Å². The number of nitrogens with one attached hydrogen (secondary N) is 2. The molecule has 2 aromatic rings. The van der Waals surface area contributed by atoms with Crippen LogP contribution in [0.1, 0.15) is 36.4 Å². The Hall–Kier alpha value is -2.01. The molecule has 1 fully saturated rings. The summed E-state index contributed by atoms with van der Waals surface area (Å²) in [6.45, 7) is 0.0807. The van der Waals surface area contributed by atoms with E-state index in [4.69, 9.17) is 0 Å². The molecule has 1 saturated heterocycles. The molecule has 0 amide bonds. The first-order valence-corrected chi connectivity index (χ1v) is 10.9. The second-order valence-electron chi connectivity index (χ2n) is 7.29. The quantitative estimate of drug-likeness (QED) is 0.636. The minimum absolute atomic E-state index is 0.0387. The van der Waals surface area contributed by atoms with Crippen molar-refractivity contribution in [2.75, 3.05) is 13.6 Å². The monoisotopic (exact) mass is 445 g/mol. The molecule has 30 heavy (non-hydrogen) atoms. The third kappa shape index (κ3) is 5.18. The molecule has 2 atom stereocenters. The molecule has 2 unspecified atom stereocenters. The van der Waals surface area contributed by atoms with Crippen molar-refractivity contribution >= 4 is 10.0 Å². The van der Waals surface area contributed by atoms with Crippen molar-refractivity contribution in [3.8, 4) is 0 Å². The molecule has 1 heterocycles. The van der Waals surface area contributed by atoms with Gasteiger partial charge in [-0.25, -0.2) is 17.1 Å². The van der Waals surface area contributed by atoms with Gasteiger partial charge in [0.25, 0.3) is 0 Å². The molecule has 0 saturated carbocycles. The van der Waals surface area contributed by atoms with Gasteiger partial charge in [0, 0.05) is 25.7 Å². The summed E-state index contributed by atoms with van der Waals surface area (Å²) in [4.78, 5) is -0.744. The standard InChI is InChI=1S/C20H23F4N3O2S/c1-27(30(28,29)19-10-3-2-9-17(19)20(22,23)24)11-5-8-16-13-18(26-25-16)14-6-4-7-15(21)12-14/h2-4,6-7,9-10,12,16,18,25-26H,5,8,11,13H2,1H3. The van der Waals surface area contributed by atoms with Gasteiger partial charge < -0.3 is 0 Å². The van der Waals surface area contributed by atoms with Crippen LogP contribution in [0, 0.1) is 5.82 Å². The van der Waals surface area contributed by atoms with E-state index in [0.29, 0.717) is 19.3 Å². The Balaban J connectivity index is 1.57. The number of hydrazine groups is 1. The topological polar surface area (TPSA) is 61.4 Å². The average Bonchev–Trinajstić information content (AvgIpc) is 3.16. The highest BCUT2D eigenvalue weighted by Gasteiger charge is 2.38. The van der Waals surface area contributed by atoms with Gasteiger partial charge in [0.2, 0.25) is 10.0 Å². The van der Waals surface area contributed by atoms with Gasteiger partial charge in [-0.2, -0.15) is 13.2 Å². The Morgan fingerprint density at radius 2 is 1.83 bits per heavy atom. The highest BCUT2D eigenvalue weighted by Crippen LogP contribution is 2.35. The van der Waals surface area contributed by atoms with Crippen LogP contribution in [0.4, 0.5) is 17.6 Å². The molecule has 2 aromatic carbocycles. The molecule has 0 bridgehead atoms. The van der Waals surface area contributed by atoms with Crippen molar-refractivity contribution in [3.05, 3.63) is 65.5 Å². The van der Waals surface area contributed by atoms with Crippen LogP contribution < -0.4 is 10.9 Å². The number of sulfonamides is 1. The van der Waals surface area contributed by atoms with E-state index < -0.39 is 26.7 Å². The molecule has 0 aliphatic carbocycles. The van der Waals surface area contributed by atoms with Gasteiger partial charge in [-0.3, -0.25) is 10.9 Å². The summed E-state index contributed by atoms with van der Waals surface area (Å²) in [7, 11) is -3.00. The third-order valence-corrected chi connectivity index (χ3v) is 7.05. The molecule has 0 spiro atoms. The first kappa shape index (κ1) is 22.7. The fourth-order valence-electron chi connectivity index (χ4n) is 3.53. The molecular weight excluding hydrogens is 422 g/mol. The zero-order valence-electron chi connectivity index (χ0n) is 16.3. The normalized spacial score (nSPS) is 20.1. The molecule has 1 aliphatic heterocycles. The number of alkyl halides is 3. The summed E-state index contributed by atoms with van der Waals surface area (Å²) in [5.74, 6) is -0.316. The van der Waals surface area contributed by atoms with Crippen LogP contribution >= 0.6 is 0 Å². The van der Waals surface area contributed by atoms with Gasteiger partial charge in [0.15, 0.2) is 0 Å². The van der Waals surface area contributed by atoms with Gasteiger partial charge >= 0.3 is 6.18 Å². The minimum atomic E-state index is -4.75. The summed E-state index contributed by atoms with van der Waals surface area (Å²) in [5, 5.41) is 0. The molecule has 0 aromatic heterocycles. The van der Waals surface area contributed by atoms with E-state index in [1.54, 1.807) is 6.07 Å². The van der Waals surface area contributed by atoms with E-state index in [-0.39, 0.29) is 24.4 Å². The van der Waals surface area contributed by atoms with E-state index in [2.05, 4.69) is 10.9 Å². The van der Waals surface area contributed by atoms with Crippen molar-refractivity contribution in [2.24, 2.45) is 0 Å². The van der Waals surface area contributed by atoms with E-state index in [9.17, 15) is 26.0 Å². The van der Waals surface area contributed by atoms with E-state index in [1.807, 2.05) is 6.07 Å². The molecule has 5 nitrogen and oxygen atoms in total. The smallest absolute Gasteiger partial charge is 0.254 e. The lowest BCUT2D eigenvalue weighted by molar-refractivity contribution is -0.139. The molecule has 164 valence electrons. The number of hydrogen-bond acceptors (Lipinski definition) is 4.